The Labute approximate surface area is 174 Å². The zero-order chi connectivity index (χ0) is 22.5. The molecule has 1 rings (SSSR count). The van der Waals surface area contributed by atoms with Gasteiger partial charge in [-0.15, -0.1) is 16.5 Å². The van der Waals surface area contributed by atoms with Crippen LogP contribution < -0.4 is 0 Å². The number of rotatable bonds is 9. The minimum Gasteiger partial charge on any atom is -0.387 e. The van der Waals surface area contributed by atoms with E-state index >= 15 is 0 Å². The Bertz CT molecular complexity index is 555. The molecule has 1 heterocycles. The summed E-state index contributed by atoms with van der Waals surface area (Å²) in [6.45, 7) is 6.72. The highest BCUT2D eigenvalue weighted by Gasteiger charge is 2.55. The topological polar surface area (TPSA) is 163 Å². The van der Waals surface area contributed by atoms with Crippen molar-refractivity contribution in [3.05, 3.63) is 4.91 Å². The molecule has 0 aromatic heterocycles. The average Bonchev–Trinajstić information content (AvgIpc) is 2.63. The molecule has 0 aromatic rings. The van der Waals surface area contributed by atoms with E-state index in [9.17, 15) is 35.2 Å². The molecular weight excluding hydrogens is 410 g/mol. The maximum Gasteiger partial charge on any atom is 0.345 e. The summed E-state index contributed by atoms with van der Waals surface area (Å²) in [6.07, 6.45) is -9.12. The Morgan fingerprint density at radius 1 is 1.17 bits per heavy atom. The number of carbonyl (C=O) groups is 1. The highest BCUT2D eigenvalue weighted by molar-refractivity contribution is 6.18. The Morgan fingerprint density at radius 2 is 1.76 bits per heavy atom. The zero-order valence-corrected chi connectivity index (χ0v) is 17.8. The van der Waals surface area contributed by atoms with Crippen molar-refractivity contribution in [2.24, 2.45) is 17.1 Å². The molecule has 1 aliphatic heterocycles. The van der Waals surface area contributed by atoms with E-state index in [-0.39, 0.29) is 37.2 Å². The maximum absolute atomic E-state index is 12.7. The minimum atomic E-state index is -2.26. The van der Waals surface area contributed by atoms with Crippen molar-refractivity contribution in [2.75, 3.05) is 19.0 Å². The molecule has 6 atom stereocenters. The van der Waals surface area contributed by atoms with E-state index in [1.807, 2.05) is 0 Å². The molecule has 0 aliphatic carbocycles. The molecule has 0 saturated carbocycles. The highest BCUT2D eigenvalue weighted by Crippen LogP contribution is 2.35. The van der Waals surface area contributed by atoms with Gasteiger partial charge in [-0.3, -0.25) is 4.90 Å². The van der Waals surface area contributed by atoms with Gasteiger partial charge in [-0.05, 0) is 11.8 Å². The average molecular weight is 442 g/mol. The van der Waals surface area contributed by atoms with E-state index in [0.29, 0.717) is 5.01 Å². The number of aliphatic hydroxyl groups excluding tert-OH is 4. The molecule has 1 aliphatic rings. The summed E-state index contributed by atoms with van der Waals surface area (Å²) < 4.78 is 5.43. The second-order valence-corrected chi connectivity index (χ2v) is 8.47. The first-order chi connectivity index (χ1) is 13.4. The van der Waals surface area contributed by atoms with Crippen LogP contribution in [0.1, 0.15) is 34.1 Å². The standard InChI is InChI=1S/C17H32ClN3O8/c1-9(2)7-17(27)14(24)12(23)11(22)13(29-17)15(25)20(8-10(3)4)16(26)21(19-28)6-5-18/h9-15,22-25,27H,5-8H2,1-4H3/t11-,12-,13-,14+,15?,17-/m0/s1. The highest BCUT2D eigenvalue weighted by atomic mass is 35.5. The summed E-state index contributed by atoms with van der Waals surface area (Å²) in [5, 5.41) is 55.4. The van der Waals surface area contributed by atoms with Crippen molar-refractivity contribution in [1.82, 2.24) is 9.91 Å². The van der Waals surface area contributed by atoms with Crippen LogP contribution >= 0.6 is 11.6 Å². The van der Waals surface area contributed by atoms with Crippen LogP contribution in [0.15, 0.2) is 5.29 Å². The Balaban J connectivity index is 3.22. The van der Waals surface area contributed by atoms with Crippen LogP contribution in [-0.2, 0) is 4.74 Å². The fourth-order valence-corrected chi connectivity index (χ4v) is 3.44. The van der Waals surface area contributed by atoms with Gasteiger partial charge in [0.2, 0.25) is 0 Å². The molecule has 29 heavy (non-hydrogen) atoms. The second-order valence-electron chi connectivity index (χ2n) is 8.09. The number of nitroso groups, excluding NO2 is 1. The van der Waals surface area contributed by atoms with E-state index < -0.39 is 42.5 Å². The number of urea groups is 1. The monoisotopic (exact) mass is 441 g/mol. The van der Waals surface area contributed by atoms with Crippen LogP contribution in [0.5, 0.6) is 0 Å². The third-order valence-corrected chi connectivity index (χ3v) is 4.72. The molecule has 2 amide bonds. The normalized spacial score (nSPS) is 31.0. The fraction of sp³-hybridized carbons (Fsp3) is 0.941. The minimum absolute atomic E-state index is 0.0534. The number of amides is 2. The largest absolute Gasteiger partial charge is 0.387 e. The van der Waals surface area contributed by atoms with Gasteiger partial charge in [-0.2, -0.15) is 5.01 Å². The lowest BCUT2D eigenvalue weighted by Crippen LogP contribution is -2.69. The van der Waals surface area contributed by atoms with Crippen LogP contribution in [0.25, 0.3) is 0 Å². The van der Waals surface area contributed by atoms with Gasteiger partial charge >= 0.3 is 6.03 Å². The number of alkyl halides is 1. The molecule has 11 nitrogen and oxygen atoms in total. The first-order valence-electron chi connectivity index (χ1n) is 9.49. The van der Waals surface area contributed by atoms with Gasteiger partial charge in [-0.1, -0.05) is 27.7 Å². The van der Waals surface area contributed by atoms with Gasteiger partial charge in [0, 0.05) is 18.8 Å². The lowest BCUT2D eigenvalue weighted by molar-refractivity contribution is -0.367. The SMILES string of the molecule is CC(C)CN(C(=O)N(CCCl)N=O)C(O)[C@H]1O[C@@](O)(CC(C)C)[C@H](O)[C@@H](O)[C@@H]1O. The third-order valence-electron chi connectivity index (χ3n) is 4.55. The van der Waals surface area contributed by atoms with Crippen molar-refractivity contribution in [3.8, 4) is 0 Å². The van der Waals surface area contributed by atoms with Crippen LogP contribution in [0.4, 0.5) is 4.79 Å². The fourth-order valence-electron chi connectivity index (χ4n) is 3.28. The summed E-state index contributed by atoms with van der Waals surface area (Å²) in [4.78, 5) is 24.5. The lowest BCUT2D eigenvalue weighted by Gasteiger charge is -2.49. The molecule has 5 N–H and O–H groups in total. The van der Waals surface area contributed by atoms with E-state index in [2.05, 4.69) is 5.29 Å². The number of nitrogens with zero attached hydrogens (tertiary/aromatic N) is 3. The van der Waals surface area contributed by atoms with Gasteiger partial charge in [0.25, 0.3) is 0 Å². The van der Waals surface area contributed by atoms with E-state index in [1.54, 1.807) is 27.7 Å². The summed E-state index contributed by atoms with van der Waals surface area (Å²) in [7, 11) is 0. The van der Waals surface area contributed by atoms with E-state index in [4.69, 9.17) is 16.3 Å². The molecule has 1 saturated heterocycles. The quantitative estimate of drug-likeness (QED) is 0.142. The predicted octanol–water partition coefficient (Wildman–Crippen LogP) is -0.179. The van der Waals surface area contributed by atoms with Gasteiger partial charge in [0.05, 0.1) is 11.8 Å². The van der Waals surface area contributed by atoms with Crippen molar-refractivity contribution in [2.45, 2.75) is 70.5 Å². The zero-order valence-electron chi connectivity index (χ0n) is 17.1. The lowest BCUT2D eigenvalue weighted by atomic mass is 9.87. The van der Waals surface area contributed by atoms with Gasteiger partial charge < -0.3 is 30.3 Å². The molecule has 0 radical (unpaired) electrons. The van der Waals surface area contributed by atoms with Crippen LogP contribution in [-0.4, -0.2) is 96.9 Å². The van der Waals surface area contributed by atoms with E-state index in [1.165, 1.54) is 0 Å². The van der Waals surface area contributed by atoms with Crippen LogP contribution in [0.3, 0.4) is 0 Å². The summed E-state index contributed by atoms with van der Waals surface area (Å²) in [5.74, 6) is -2.67. The number of carbonyl (C=O) groups excluding carboxylic acids is 1. The van der Waals surface area contributed by atoms with E-state index in [0.717, 1.165) is 4.90 Å². The number of ether oxygens (including phenoxy) is 1. The Morgan fingerprint density at radius 3 is 2.21 bits per heavy atom. The molecule has 1 fully saturated rings. The van der Waals surface area contributed by atoms with Crippen LogP contribution in [0, 0.1) is 16.7 Å². The third kappa shape index (κ3) is 6.20. The van der Waals surface area contributed by atoms with Crippen molar-refractivity contribution < 1.29 is 35.1 Å². The molecule has 170 valence electrons. The number of aliphatic hydroxyl groups is 5. The summed E-state index contributed by atoms with van der Waals surface area (Å²) in [5.41, 5.74) is 0. The van der Waals surface area contributed by atoms with Gasteiger partial charge in [-0.25, -0.2) is 4.79 Å². The van der Waals surface area contributed by atoms with Crippen molar-refractivity contribution in [3.63, 3.8) is 0 Å². The van der Waals surface area contributed by atoms with Gasteiger partial charge in [0.15, 0.2) is 12.0 Å². The second kappa shape index (κ2) is 10.8. The molecule has 12 heteroatoms. The Hall–Kier alpha value is -1.08. The number of halogens is 1. The van der Waals surface area contributed by atoms with Crippen molar-refractivity contribution >= 4 is 17.6 Å². The van der Waals surface area contributed by atoms with Crippen LogP contribution in [0.2, 0.25) is 0 Å². The first kappa shape index (κ1) is 26.0. The molecule has 0 aromatic carbocycles. The smallest absolute Gasteiger partial charge is 0.345 e. The molecule has 0 spiro atoms. The molecular formula is C17H32ClN3O8. The summed E-state index contributed by atoms with van der Waals surface area (Å²) >= 11 is 5.57. The van der Waals surface area contributed by atoms with Crippen molar-refractivity contribution in [1.29, 1.82) is 0 Å². The van der Waals surface area contributed by atoms with Gasteiger partial charge in [0.1, 0.15) is 24.4 Å². The maximum atomic E-state index is 12.7. The Kier molecular flexibility index (Phi) is 9.67. The molecule has 1 unspecified atom stereocenters. The molecule has 0 bridgehead atoms. The number of hydrogen-bond donors (Lipinski definition) is 5. The first-order valence-corrected chi connectivity index (χ1v) is 10.0. The predicted molar refractivity (Wildman–Crippen MR) is 103 cm³/mol. The summed E-state index contributed by atoms with van der Waals surface area (Å²) in [6, 6.07) is -0.981. The number of hydrogen-bond acceptors (Lipinski definition) is 9.